The van der Waals surface area contributed by atoms with Crippen LogP contribution in [0, 0.1) is 6.92 Å². The Bertz CT molecular complexity index is 1220. The summed E-state index contributed by atoms with van der Waals surface area (Å²) in [5.74, 6) is 0.964. The quantitative estimate of drug-likeness (QED) is 0.492. The second kappa shape index (κ2) is 8.59. The Kier molecular flexibility index (Phi) is 5.49. The van der Waals surface area contributed by atoms with Crippen molar-refractivity contribution in [2.24, 2.45) is 7.05 Å². The van der Waals surface area contributed by atoms with Gasteiger partial charge in [-0.2, -0.15) is 5.10 Å². The summed E-state index contributed by atoms with van der Waals surface area (Å²) in [4.78, 5) is 21.3. The molecule has 32 heavy (non-hydrogen) atoms. The highest BCUT2D eigenvalue weighted by Crippen LogP contribution is 2.27. The van der Waals surface area contributed by atoms with Crippen LogP contribution in [-0.2, 0) is 13.6 Å². The fourth-order valence-corrected chi connectivity index (χ4v) is 4.27. The molecule has 0 saturated carbocycles. The molecule has 5 rings (SSSR count). The molecule has 0 radical (unpaired) electrons. The van der Waals surface area contributed by atoms with Gasteiger partial charge >= 0.3 is 0 Å². The summed E-state index contributed by atoms with van der Waals surface area (Å²) in [5, 5.41) is 5.44. The maximum Gasteiger partial charge on any atom is 0.274 e. The zero-order chi connectivity index (χ0) is 22.1. The maximum atomic E-state index is 12.9. The van der Waals surface area contributed by atoms with Gasteiger partial charge in [-0.05, 0) is 49.2 Å². The summed E-state index contributed by atoms with van der Waals surface area (Å²) in [6, 6.07) is 14.2. The molecule has 4 heterocycles. The lowest BCUT2D eigenvalue weighted by molar-refractivity contribution is 0.0754. The van der Waals surface area contributed by atoms with Crippen molar-refractivity contribution in [3.05, 3.63) is 72.0 Å². The van der Waals surface area contributed by atoms with Crippen molar-refractivity contribution < 1.29 is 9.21 Å². The van der Waals surface area contributed by atoms with E-state index in [0.717, 1.165) is 66.2 Å². The molecule has 1 amide bonds. The minimum absolute atomic E-state index is 0.0159. The van der Waals surface area contributed by atoms with Crippen LogP contribution in [0.1, 0.15) is 28.4 Å². The predicted octanol–water partition coefficient (Wildman–Crippen LogP) is 3.88. The number of carbonyl (C=O) groups excluding carboxylic acids is 1. The monoisotopic (exact) mass is 429 g/mol. The van der Waals surface area contributed by atoms with Crippen LogP contribution in [0.25, 0.3) is 22.1 Å². The van der Waals surface area contributed by atoms with Crippen molar-refractivity contribution in [3.63, 3.8) is 0 Å². The van der Waals surface area contributed by atoms with E-state index in [1.807, 2.05) is 43.3 Å². The molecule has 0 bridgehead atoms. The second-order valence-corrected chi connectivity index (χ2v) is 8.42. The summed E-state index contributed by atoms with van der Waals surface area (Å²) in [7, 11) is 1.86. The third-order valence-corrected chi connectivity index (χ3v) is 6.15. The van der Waals surface area contributed by atoms with Crippen LogP contribution in [0.5, 0.6) is 0 Å². The second-order valence-electron chi connectivity index (χ2n) is 8.42. The van der Waals surface area contributed by atoms with E-state index in [2.05, 4.69) is 39.2 Å². The molecule has 1 saturated heterocycles. The van der Waals surface area contributed by atoms with Crippen LogP contribution in [-0.4, -0.2) is 56.7 Å². The molecule has 7 heteroatoms. The average molecular weight is 430 g/mol. The number of furan rings is 1. The van der Waals surface area contributed by atoms with Crippen LogP contribution < -0.4 is 0 Å². The lowest BCUT2D eigenvalue weighted by atomic mass is 10.1. The molecule has 0 aliphatic carbocycles. The van der Waals surface area contributed by atoms with Crippen LogP contribution >= 0.6 is 0 Å². The van der Waals surface area contributed by atoms with Gasteiger partial charge in [0.15, 0.2) is 5.69 Å². The largest absolute Gasteiger partial charge is 0.460 e. The van der Waals surface area contributed by atoms with Gasteiger partial charge in [0.2, 0.25) is 0 Å². The van der Waals surface area contributed by atoms with E-state index >= 15 is 0 Å². The molecule has 1 aromatic carbocycles. The highest BCUT2D eigenvalue weighted by Gasteiger charge is 2.23. The zero-order valence-corrected chi connectivity index (χ0v) is 18.5. The van der Waals surface area contributed by atoms with Crippen LogP contribution in [0.15, 0.2) is 59.3 Å². The lowest BCUT2D eigenvalue weighted by Crippen LogP contribution is -2.35. The Hall–Kier alpha value is -3.45. The molecular formula is C25H27N5O2. The molecule has 0 atom stereocenters. The van der Waals surface area contributed by atoms with Gasteiger partial charge in [0.1, 0.15) is 11.3 Å². The molecule has 0 spiro atoms. The summed E-state index contributed by atoms with van der Waals surface area (Å²) in [5.41, 5.74) is 4.63. The van der Waals surface area contributed by atoms with Crippen LogP contribution in [0.3, 0.4) is 0 Å². The number of aromatic nitrogens is 3. The molecule has 0 unspecified atom stereocenters. The summed E-state index contributed by atoms with van der Waals surface area (Å²) >= 11 is 0. The maximum absolute atomic E-state index is 12.9. The van der Waals surface area contributed by atoms with E-state index in [1.165, 1.54) is 0 Å². The van der Waals surface area contributed by atoms with Crippen molar-refractivity contribution in [1.29, 1.82) is 0 Å². The number of amides is 1. The molecular weight excluding hydrogens is 402 g/mol. The first-order chi connectivity index (χ1) is 15.6. The van der Waals surface area contributed by atoms with Gasteiger partial charge in [0, 0.05) is 62.3 Å². The van der Waals surface area contributed by atoms with Crippen molar-refractivity contribution >= 4 is 16.9 Å². The number of rotatable bonds is 4. The van der Waals surface area contributed by atoms with Gasteiger partial charge in [-0.3, -0.25) is 19.4 Å². The van der Waals surface area contributed by atoms with Crippen molar-refractivity contribution in [2.45, 2.75) is 19.9 Å². The number of pyridine rings is 1. The molecule has 164 valence electrons. The van der Waals surface area contributed by atoms with Crippen molar-refractivity contribution in [3.8, 4) is 11.1 Å². The molecule has 1 fully saturated rings. The van der Waals surface area contributed by atoms with Crippen molar-refractivity contribution in [2.75, 3.05) is 26.2 Å². The summed E-state index contributed by atoms with van der Waals surface area (Å²) in [6.07, 6.45) is 4.59. The first-order valence-electron chi connectivity index (χ1n) is 11.0. The van der Waals surface area contributed by atoms with E-state index in [0.29, 0.717) is 12.2 Å². The summed E-state index contributed by atoms with van der Waals surface area (Å²) in [6.45, 7) is 5.89. The van der Waals surface area contributed by atoms with Gasteiger partial charge in [-0.25, -0.2) is 0 Å². The van der Waals surface area contributed by atoms with E-state index in [4.69, 9.17) is 4.42 Å². The number of hydrogen-bond donors (Lipinski definition) is 0. The third-order valence-electron chi connectivity index (χ3n) is 6.15. The smallest absolute Gasteiger partial charge is 0.274 e. The van der Waals surface area contributed by atoms with Gasteiger partial charge in [-0.15, -0.1) is 0 Å². The van der Waals surface area contributed by atoms with Crippen molar-refractivity contribution in [1.82, 2.24) is 24.6 Å². The predicted molar refractivity (Wildman–Crippen MR) is 123 cm³/mol. The SMILES string of the molecule is Cc1cc(C(=O)N2CCCN(Cc3cc4cc(-c5cccnc5)ccc4o3)CC2)nn1C. The highest BCUT2D eigenvalue weighted by atomic mass is 16.3. The minimum Gasteiger partial charge on any atom is -0.460 e. The number of hydrogen-bond acceptors (Lipinski definition) is 5. The van der Waals surface area contributed by atoms with E-state index < -0.39 is 0 Å². The topological polar surface area (TPSA) is 67.4 Å². The van der Waals surface area contributed by atoms with E-state index in [1.54, 1.807) is 10.9 Å². The summed E-state index contributed by atoms with van der Waals surface area (Å²) < 4.78 is 7.86. The van der Waals surface area contributed by atoms with Gasteiger partial charge in [0.25, 0.3) is 5.91 Å². The molecule has 4 aromatic rings. The van der Waals surface area contributed by atoms with Gasteiger partial charge in [-0.1, -0.05) is 12.1 Å². The molecule has 0 N–H and O–H groups in total. The molecule has 3 aromatic heterocycles. The Morgan fingerprint density at radius 2 is 1.97 bits per heavy atom. The number of carbonyl (C=O) groups is 1. The van der Waals surface area contributed by atoms with Gasteiger partial charge < -0.3 is 9.32 Å². The molecule has 1 aliphatic rings. The van der Waals surface area contributed by atoms with E-state index in [-0.39, 0.29) is 5.91 Å². The first kappa shape index (κ1) is 20.5. The van der Waals surface area contributed by atoms with Gasteiger partial charge in [0.05, 0.1) is 6.54 Å². The van der Waals surface area contributed by atoms with E-state index in [9.17, 15) is 4.79 Å². The Labute approximate surface area is 187 Å². The number of benzene rings is 1. The number of nitrogens with zero attached hydrogens (tertiary/aromatic N) is 5. The number of fused-ring (bicyclic) bond motifs is 1. The Balaban J connectivity index is 1.26. The fraction of sp³-hybridized carbons (Fsp3) is 0.320. The Morgan fingerprint density at radius 3 is 2.75 bits per heavy atom. The normalized spacial score (nSPS) is 15.2. The average Bonchev–Trinajstić information content (AvgIpc) is 3.27. The third kappa shape index (κ3) is 4.16. The standard InChI is InChI=1S/C25H27N5O2/c1-18-13-23(27-28(18)2)25(31)30-10-4-9-29(11-12-30)17-22-15-21-14-19(6-7-24(21)32-22)20-5-3-8-26-16-20/h3,5-8,13-16H,4,9-12,17H2,1-2H3. The van der Waals surface area contributed by atoms with Crippen LogP contribution in [0.4, 0.5) is 0 Å². The Morgan fingerprint density at radius 1 is 1.06 bits per heavy atom. The number of aryl methyl sites for hydroxylation is 2. The highest BCUT2D eigenvalue weighted by molar-refractivity contribution is 5.92. The minimum atomic E-state index is 0.0159. The molecule has 7 nitrogen and oxygen atoms in total. The fourth-order valence-electron chi connectivity index (χ4n) is 4.27. The molecule has 1 aliphatic heterocycles. The first-order valence-corrected chi connectivity index (χ1v) is 11.0. The van der Waals surface area contributed by atoms with Crippen LogP contribution in [0.2, 0.25) is 0 Å². The lowest BCUT2D eigenvalue weighted by Gasteiger charge is -2.20. The zero-order valence-electron chi connectivity index (χ0n) is 18.5.